The molecule has 152 valence electrons. The lowest BCUT2D eigenvalue weighted by Gasteiger charge is -2.29. The predicted molar refractivity (Wildman–Crippen MR) is 120 cm³/mol. The molecular weight excluding hydrogens is 332 g/mol. The maximum Gasteiger partial charge on any atom is 0.241 e. The van der Waals surface area contributed by atoms with Crippen molar-refractivity contribution in [2.24, 2.45) is 29.6 Å². The minimum Gasteiger partial charge on any atom is -0.547 e. The first-order valence-corrected chi connectivity index (χ1v) is 14.4. The quantitative estimate of drug-likeness (QED) is 0.348. The Morgan fingerprint density at radius 3 is 1.54 bits per heavy atom. The van der Waals surface area contributed by atoms with Crippen LogP contribution >= 0.6 is 0 Å². The van der Waals surface area contributed by atoms with E-state index in [0.29, 0.717) is 29.6 Å². The van der Waals surface area contributed by atoms with Gasteiger partial charge in [0, 0.05) is 5.92 Å². The molecule has 0 amide bonds. The van der Waals surface area contributed by atoms with Crippen molar-refractivity contribution in [2.75, 3.05) is 0 Å². The van der Waals surface area contributed by atoms with Gasteiger partial charge in [-0.1, -0.05) is 61.0 Å². The molecule has 26 heavy (non-hydrogen) atoms. The van der Waals surface area contributed by atoms with Gasteiger partial charge in [0.15, 0.2) is 0 Å². The average Bonchev–Trinajstić information content (AvgIpc) is 2.62. The van der Waals surface area contributed by atoms with Crippen molar-refractivity contribution in [1.82, 2.24) is 0 Å². The second kappa shape index (κ2) is 9.62. The fourth-order valence-electron chi connectivity index (χ4n) is 4.10. The molecular formula is C24H46OSi. The van der Waals surface area contributed by atoms with E-state index in [1.54, 1.807) is 16.7 Å². The Morgan fingerprint density at radius 1 is 0.692 bits per heavy atom. The van der Waals surface area contributed by atoms with E-state index in [0.717, 1.165) is 6.42 Å². The molecule has 0 spiro atoms. The minimum absolute atomic E-state index is 0.520. The molecule has 0 radical (unpaired) electrons. The summed E-state index contributed by atoms with van der Waals surface area (Å²) < 4.78 is 6.83. The first-order valence-electron chi connectivity index (χ1n) is 11.0. The summed E-state index contributed by atoms with van der Waals surface area (Å²) in [4.78, 5) is 0. The molecule has 0 bridgehead atoms. The van der Waals surface area contributed by atoms with Gasteiger partial charge < -0.3 is 4.43 Å². The van der Waals surface area contributed by atoms with Crippen LogP contribution in [0.3, 0.4) is 0 Å². The van der Waals surface area contributed by atoms with E-state index in [1.807, 2.05) is 0 Å². The zero-order valence-electron chi connectivity index (χ0n) is 19.6. The summed E-state index contributed by atoms with van der Waals surface area (Å²) in [6.45, 7) is 25.9. The summed E-state index contributed by atoms with van der Waals surface area (Å²) in [5.41, 5.74) is 4.96. The van der Waals surface area contributed by atoms with Crippen molar-refractivity contribution >= 4 is 8.32 Å². The molecule has 1 atom stereocenters. The van der Waals surface area contributed by atoms with Gasteiger partial charge >= 0.3 is 0 Å². The van der Waals surface area contributed by atoms with Gasteiger partial charge in [0.25, 0.3) is 0 Å². The highest BCUT2D eigenvalue weighted by molar-refractivity contribution is 6.70. The van der Waals surface area contributed by atoms with Crippen molar-refractivity contribution in [2.45, 2.75) is 101 Å². The highest BCUT2D eigenvalue weighted by Gasteiger charge is 2.37. The van der Waals surface area contributed by atoms with E-state index in [4.69, 9.17) is 4.43 Å². The molecule has 2 heteroatoms. The fraction of sp³-hybridized carbons (Fsp3) is 0.833. The minimum atomic E-state index is -1.63. The summed E-state index contributed by atoms with van der Waals surface area (Å²) in [5, 5.41) is 0. The van der Waals surface area contributed by atoms with Crippen LogP contribution in [0.4, 0.5) is 0 Å². The van der Waals surface area contributed by atoms with Crippen LogP contribution in [-0.2, 0) is 4.43 Å². The monoisotopic (exact) mass is 378 g/mol. The van der Waals surface area contributed by atoms with E-state index in [1.165, 1.54) is 25.0 Å². The summed E-state index contributed by atoms with van der Waals surface area (Å²) >= 11 is 0. The highest BCUT2D eigenvalue weighted by Crippen LogP contribution is 2.48. The lowest BCUT2D eigenvalue weighted by Crippen LogP contribution is -2.28. The summed E-state index contributed by atoms with van der Waals surface area (Å²) in [6, 6.07) is 0. The predicted octanol–water partition coefficient (Wildman–Crippen LogP) is 8.20. The van der Waals surface area contributed by atoms with Gasteiger partial charge in [-0.2, -0.15) is 0 Å². The third-order valence-electron chi connectivity index (χ3n) is 4.76. The van der Waals surface area contributed by atoms with Crippen molar-refractivity contribution in [1.29, 1.82) is 0 Å². The summed E-state index contributed by atoms with van der Waals surface area (Å²) in [6.07, 6.45) is 4.82. The molecule has 0 saturated carbocycles. The van der Waals surface area contributed by atoms with Gasteiger partial charge in [0.05, 0.1) is 5.76 Å². The molecule has 1 aliphatic rings. The van der Waals surface area contributed by atoms with Crippen molar-refractivity contribution in [3.05, 3.63) is 22.5 Å². The molecule has 0 aromatic heterocycles. The normalized spacial score (nSPS) is 19.1. The number of hydrogen-bond donors (Lipinski definition) is 0. The molecule has 1 nitrogen and oxygen atoms in total. The Labute approximate surface area is 165 Å². The molecule has 1 rings (SSSR count). The molecule has 1 unspecified atom stereocenters. The third kappa shape index (κ3) is 7.25. The topological polar surface area (TPSA) is 9.23 Å². The largest absolute Gasteiger partial charge is 0.547 e. The molecule has 0 aliphatic heterocycles. The Morgan fingerprint density at radius 2 is 1.15 bits per heavy atom. The van der Waals surface area contributed by atoms with Gasteiger partial charge in [-0.25, -0.2) is 0 Å². The van der Waals surface area contributed by atoms with E-state index < -0.39 is 8.32 Å². The number of allylic oxidation sites excluding steroid dienone is 3. The third-order valence-corrected chi connectivity index (χ3v) is 5.59. The lowest BCUT2D eigenvalue weighted by molar-refractivity contribution is 0.327. The molecule has 1 aliphatic carbocycles. The fourth-order valence-corrected chi connectivity index (χ4v) is 5.03. The number of rotatable bonds is 10. The van der Waals surface area contributed by atoms with Crippen molar-refractivity contribution in [3.63, 3.8) is 0 Å². The van der Waals surface area contributed by atoms with Gasteiger partial charge in [-0.05, 0) is 80.1 Å². The molecule has 0 heterocycles. The maximum atomic E-state index is 6.83. The molecule has 0 saturated heterocycles. The van der Waals surface area contributed by atoms with Gasteiger partial charge in [0.1, 0.15) is 0 Å². The van der Waals surface area contributed by atoms with Gasteiger partial charge in [-0.15, -0.1) is 0 Å². The molecule has 0 aromatic carbocycles. The van der Waals surface area contributed by atoms with Crippen LogP contribution in [0.5, 0.6) is 0 Å². The first kappa shape index (κ1) is 23.5. The Hall–Kier alpha value is -0.503. The van der Waals surface area contributed by atoms with E-state index in [-0.39, 0.29) is 0 Å². The standard InChI is InChI=1S/C24H46OSi/c1-16(2)12-20-21(13-17(3)4)23(15-19(7)8)24(25-26(9,10)11)22(20)14-18(5)6/h16-19,22H,12-15H2,1-11H3. The highest BCUT2D eigenvalue weighted by atomic mass is 28.4. The van der Waals surface area contributed by atoms with Crippen LogP contribution in [0.2, 0.25) is 19.6 Å². The maximum absolute atomic E-state index is 6.83. The number of hydrogen-bond acceptors (Lipinski definition) is 1. The Balaban J connectivity index is 3.52. The summed E-state index contributed by atoms with van der Waals surface area (Å²) in [7, 11) is -1.63. The van der Waals surface area contributed by atoms with Gasteiger partial charge in [-0.3, -0.25) is 0 Å². The zero-order chi connectivity index (χ0) is 20.2. The van der Waals surface area contributed by atoms with E-state index in [2.05, 4.69) is 75.0 Å². The second-order valence-electron chi connectivity index (χ2n) is 11.0. The van der Waals surface area contributed by atoms with Crippen LogP contribution in [-0.4, -0.2) is 8.32 Å². The van der Waals surface area contributed by atoms with Crippen LogP contribution in [0.25, 0.3) is 0 Å². The van der Waals surface area contributed by atoms with Gasteiger partial charge in [0.2, 0.25) is 8.32 Å². The second-order valence-corrected chi connectivity index (χ2v) is 15.5. The zero-order valence-corrected chi connectivity index (χ0v) is 20.6. The van der Waals surface area contributed by atoms with E-state index in [9.17, 15) is 0 Å². The Kier molecular flexibility index (Phi) is 8.71. The SMILES string of the molecule is CC(C)CC1=C(CC(C)C)C(CC(C)C)C(O[Si](C)(C)C)=C1CC(C)C. The summed E-state index contributed by atoms with van der Waals surface area (Å²) in [5.74, 6) is 4.66. The first-order chi connectivity index (χ1) is 11.8. The lowest BCUT2D eigenvalue weighted by atomic mass is 9.84. The Bertz CT molecular complexity index is 515. The molecule has 0 fully saturated rings. The molecule has 0 aromatic rings. The van der Waals surface area contributed by atoms with Crippen LogP contribution < -0.4 is 0 Å². The van der Waals surface area contributed by atoms with Crippen LogP contribution in [0.15, 0.2) is 22.5 Å². The van der Waals surface area contributed by atoms with Crippen molar-refractivity contribution < 1.29 is 4.43 Å². The van der Waals surface area contributed by atoms with Crippen LogP contribution in [0, 0.1) is 29.6 Å². The molecule has 0 N–H and O–H groups in total. The average molecular weight is 379 g/mol. The van der Waals surface area contributed by atoms with Crippen LogP contribution in [0.1, 0.15) is 81.1 Å². The van der Waals surface area contributed by atoms with Crippen molar-refractivity contribution in [3.8, 4) is 0 Å². The smallest absolute Gasteiger partial charge is 0.241 e. The van der Waals surface area contributed by atoms with E-state index >= 15 is 0 Å².